The van der Waals surface area contributed by atoms with Gasteiger partial charge in [-0.3, -0.25) is 0 Å². The highest BCUT2D eigenvalue weighted by atomic mass is 16.5. The number of ether oxygens (including phenoxy) is 1. The fourth-order valence-corrected chi connectivity index (χ4v) is 1.65. The van der Waals surface area contributed by atoms with Crippen molar-refractivity contribution in [1.29, 1.82) is 0 Å². The van der Waals surface area contributed by atoms with E-state index in [0.717, 1.165) is 32.5 Å². The van der Waals surface area contributed by atoms with Gasteiger partial charge in [-0.25, -0.2) is 0 Å². The maximum atomic E-state index is 9.35. The van der Waals surface area contributed by atoms with E-state index in [1.54, 1.807) is 0 Å². The summed E-state index contributed by atoms with van der Waals surface area (Å²) in [5.41, 5.74) is 0. The van der Waals surface area contributed by atoms with E-state index in [4.69, 9.17) is 9.84 Å². The normalized spacial score (nSPS) is 13.6. The molecule has 0 spiro atoms. The van der Waals surface area contributed by atoms with Crippen LogP contribution in [0.4, 0.5) is 0 Å². The molecule has 19 heavy (non-hydrogen) atoms. The fourth-order valence-electron chi connectivity index (χ4n) is 1.65. The van der Waals surface area contributed by atoms with Crippen molar-refractivity contribution in [1.82, 2.24) is 0 Å². The Morgan fingerprint density at radius 2 is 1.42 bits per heavy atom. The van der Waals surface area contributed by atoms with Gasteiger partial charge in [-0.2, -0.15) is 0 Å². The Kier molecular flexibility index (Phi) is 19.9. The maximum absolute atomic E-state index is 9.35. The van der Waals surface area contributed by atoms with E-state index in [2.05, 4.69) is 13.8 Å². The lowest BCUT2D eigenvalue weighted by Crippen LogP contribution is -2.22. The first-order valence-corrected chi connectivity index (χ1v) is 8.04. The second kappa shape index (κ2) is 17.9. The molecule has 0 rings (SSSR count). The quantitative estimate of drug-likeness (QED) is 0.565. The lowest BCUT2D eigenvalue weighted by molar-refractivity contribution is 0.0584. The van der Waals surface area contributed by atoms with Gasteiger partial charge in [0, 0.05) is 25.7 Å². The van der Waals surface area contributed by atoms with Gasteiger partial charge in [-0.15, -0.1) is 0 Å². The van der Waals surface area contributed by atoms with Crippen LogP contribution in [-0.4, -0.2) is 36.1 Å². The standard InChI is InChI=1S/C8H18O2.C8H18O/c1-3-5-8(10)7(4-2)6-9;1-3-5-7-9-8-6-4-2/h7-10H,3-6H2,1-2H3;3-8H2,1-2H3. The molecule has 2 atom stereocenters. The third-order valence-corrected chi connectivity index (χ3v) is 3.17. The zero-order valence-electron chi connectivity index (χ0n) is 13.5. The lowest BCUT2D eigenvalue weighted by atomic mass is 9.97. The van der Waals surface area contributed by atoms with E-state index in [1.807, 2.05) is 13.8 Å². The van der Waals surface area contributed by atoms with E-state index in [0.29, 0.717) is 0 Å². The van der Waals surface area contributed by atoms with Crippen molar-refractivity contribution >= 4 is 0 Å². The van der Waals surface area contributed by atoms with Crippen LogP contribution in [0.2, 0.25) is 0 Å². The fraction of sp³-hybridized carbons (Fsp3) is 1.00. The van der Waals surface area contributed by atoms with Crippen LogP contribution >= 0.6 is 0 Å². The van der Waals surface area contributed by atoms with Crippen LogP contribution < -0.4 is 0 Å². The highest BCUT2D eigenvalue weighted by molar-refractivity contribution is 4.65. The number of hydrogen-bond donors (Lipinski definition) is 2. The Morgan fingerprint density at radius 3 is 1.74 bits per heavy atom. The summed E-state index contributed by atoms with van der Waals surface area (Å²) in [6, 6.07) is 0. The minimum atomic E-state index is -0.306. The van der Waals surface area contributed by atoms with Gasteiger partial charge in [-0.1, -0.05) is 47.0 Å². The SMILES string of the molecule is CCCC(O)C(CC)CO.CCCCOCCCC. The van der Waals surface area contributed by atoms with Crippen molar-refractivity contribution in [2.45, 2.75) is 78.7 Å². The molecular formula is C16H36O3. The molecule has 0 aliphatic heterocycles. The second-order valence-corrected chi connectivity index (χ2v) is 5.03. The van der Waals surface area contributed by atoms with Gasteiger partial charge >= 0.3 is 0 Å². The molecule has 118 valence electrons. The van der Waals surface area contributed by atoms with E-state index in [1.165, 1.54) is 25.7 Å². The molecule has 0 saturated heterocycles. The molecule has 0 aromatic carbocycles. The molecule has 3 nitrogen and oxygen atoms in total. The first-order valence-electron chi connectivity index (χ1n) is 8.04. The van der Waals surface area contributed by atoms with E-state index in [9.17, 15) is 5.11 Å². The summed E-state index contributed by atoms with van der Waals surface area (Å²) in [7, 11) is 0. The van der Waals surface area contributed by atoms with Crippen molar-refractivity contribution in [3.05, 3.63) is 0 Å². The Morgan fingerprint density at radius 1 is 0.895 bits per heavy atom. The summed E-state index contributed by atoms with van der Waals surface area (Å²) >= 11 is 0. The molecule has 2 N–H and O–H groups in total. The number of hydrogen-bond acceptors (Lipinski definition) is 3. The van der Waals surface area contributed by atoms with Gasteiger partial charge in [0.2, 0.25) is 0 Å². The van der Waals surface area contributed by atoms with Crippen LogP contribution in [0.3, 0.4) is 0 Å². The molecule has 3 heteroatoms. The molecule has 0 aliphatic rings. The molecule has 0 radical (unpaired) electrons. The monoisotopic (exact) mass is 276 g/mol. The van der Waals surface area contributed by atoms with Gasteiger partial charge in [0.05, 0.1) is 6.10 Å². The summed E-state index contributed by atoms with van der Waals surface area (Å²) in [6.45, 7) is 10.4. The van der Waals surface area contributed by atoms with E-state index in [-0.39, 0.29) is 18.6 Å². The van der Waals surface area contributed by atoms with Crippen molar-refractivity contribution in [2.24, 2.45) is 5.92 Å². The summed E-state index contributed by atoms with van der Waals surface area (Å²) in [5, 5.41) is 18.1. The number of aliphatic hydroxyl groups is 2. The predicted octanol–water partition coefficient (Wildman–Crippen LogP) is 3.77. The van der Waals surface area contributed by atoms with E-state index < -0.39 is 0 Å². The van der Waals surface area contributed by atoms with Crippen LogP contribution in [-0.2, 0) is 4.74 Å². The third-order valence-electron chi connectivity index (χ3n) is 3.17. The molecule has 0 saturated carbocycles. The lowest BCUT2D eigenvalue weighted by Gasteiger charge is -2.17. The summed E-state index contributed by atoms with van der Waals surface area (Å²) < 4.78 is 5.31. The minimum absolute atomic E-state index is 0.0833. The topological polar surface area (TPSA) is 49.7 Å². The summed E-state index contributed by atoms with van der Waals surface area (Å²) in [5.74, 6) is 0.0833. The molecule has 0 aromatic rings. The zero-order chi connectivity index (χ0) is 14.9. The number of rotatable bonds is 11. The van der Waals surface area contributed by atoms with Crippen LogP contribution in [0, 0.1) is 5.92 Å². The number of unbranched alkanes of at least 4 members (excludes halogenated alkanes) is 2. The highest BCUT2D eigenvalue weighted by Gasteiger charge is 2.14. The highest BCUT2D eigenvalue weighted by Crippen LogP contribution is 2.12. The molecule has 0 bridgehead atoms. The molecule has 0 heterocycles. The smallest absolute Gasteiger partial charge is 0.0590 e. The Hall–Kier alpha value is -0.120. The van der Waals surface area contributed by atoms with Crippen LogP contribution in [0.1, 0.15) is 72.6 Å². The van der Waals surface area contributed by atoms with Crippen molar-refractivity contribution < 1.29 is 14.9 Å². The predicted molar refractivity (Wildman–Crippen MR) is 82.4 cm³/mol. The molecule has 0 aliphatic carbocycles. The van der Waals surface area contributed by atoms with Crippen LogP contribution in [0.15, 0.2) is 0 Å². The summed E-state index contributed by atoms with van der Waals surface area (Å²) in [6.07, 6.45) is 7.25. The zero-order valence-corrected chi connectivity index (χ0v) is 13.5. The Balaban J connectivity index is 0. The first kappa shape index (κ1) is 21.2. The van der Waals surface area contributed by atoms with Crippen molar-refractivity contribution in [3.63, 3.8) is 0 Å². The second-order valence-electron chi connectivity index (χ2n) is 5.03. The van der Waals surface area contributed by atoms with Crippen molar-refractivity contribution in [3.8, 4) is 0 Å². The van der Waals surface area contributed by atoms with Gasteiger partial charge in [0.1, 0.15) is 0 Å². The molecule has 2 unspecified atom stereocenters. The third kappa shape index (κ3) is 15.8. The van der Waals surface area contributed by atoms with Crippen LogP contribution in [0.5, 0.6) is 0 Å². The van der Waals surface area contributed by atoms with Gasteiger partial charge in [0.25, 0.3) is 0 Å². The van der Waals surface area contributed by atoms with Gasteiger partial charge in [-0.05, 0) is 25.7 Å². The summed E-state index contributed by atoms with van der Waals surface area (Å²) in [4.78, 5) is 0. The molecule has 0 amide bonds. The largest absolute Gasteiger partial charge is 0.396 e. The van der Waals surface area contributed by atoms with E-state index >= 15 is 0 Å². The average molecular weight is 276 g/mol. The van der Waals surface area contributed by atoms with Gasteiger partial charge < -0.3 is 14.9 Å². The van der Waals surface area contributed by atoms with Gasteiger partial charge in [0.15, 0.2) is 0 Å². The molecule has 0 aromatic heterocycles. The maximum Gasteiger partial charge on any atom is 0.0590 e. The molecule has 0 fully saturated rings. The molecular weight excluding hydrogens is 240 g/mol. The Labute approximate surface area is 120 Å². The van der Waals surface area contributed by atoms with Crippen LogP contribution in [0.25, 0.3) is 0 Å². The minimum Gasteiger partial charge on any atom is -0.396 e. The Bertz CT molecular complexity index is 141. The first-order chi connectivity index (χ1) is 9.17. The average Bonchev–Trinajstić information content (AvgIpc) is 2.41. The van der Waals surface area contributed by atoms with Crippen molar-refractivity contribution in [2.75, 3.05) is 19.8 Å². The number of aliphatic hydroxyl groups excluding tert-OH is 2.